The molecule has 208 valence electrons. The van der Waals surface area contributed by atoms with E-state index < -0.39 is 12.2 Å². The van der Waals surface area contributed by atoms with E-state index in [9.17, 15) is 9.59 Å². The lowest BCUT2D eigenvalue weighted by Crippen LogP contribution is -2.46. The molecule has 2 amide bonds. The van der Waals surface area contributed by atoms with Crippen molar-refractivity contribution < 1.29 is 33.3 Å². The van der Waals surface area contributed by atoms with Gasteiger partial charge >= 0.3 is 6.09 Å². The molecule has 3 heterocycles. The van der Waals surface area contributed by atoms with E-state index in [1.54, 1.807) is 17.9 Å². The molecule has 3 rings (SSSR count). The van der Waals surface area contributed by atoms with Crippen LogP contribution in [0.4, 0.5) is 4.79 Å². The molecule has 9 nitrogen and oxygen atoms in total. The van der Waals surface area contributed by atoms with Crippen LogP contribution in [0.25, 0.3) is 0 Å². The maximum absolute atomic E-state index is 12.2. The normalized spacial score (nSPS) is 30.4. The fourth-order valence-corrected chi connectivity index (χ4v) is 4.74. The van der Waals surface area contributed by atoms with Crippen molar-refractivity contribution in [3.05, 3.63) is 36.0 Å². The third kappa shape index (κ3) is 9.56. The van der Waals surface area contributed by atoms with Gasteiger partial charge in [0.05, 0.1) is 43.2 Å². The van der Waals surface area contributed by atoms with Crippen LogP contribution >= 0.6 is 0 Å². The molecule has 3 aliphatic heterocycles. The summed E-state index contributed by atoms with van der Waals surface area (Å²) in [4.78, 5) is 25.8. The van der Waals surface area contributed by atoms with E-state index in [0.29, 0.717) is 32.7 Å². The van der Waals surface area contributed by atoms with Gasteiger partial charge in [0, 0.05) is 38.4 Å². The van der Waals surface area contributed by atoms with Gasteiger partial charge in [-0.2, -0.15) is 0 Å². The Bertz CT molecular complexity index is 860. The number of hydrogen-bond donors (Lipinski definition) is 1. The molecule has 3 aliphatic rings. The highest BCUT2D eigenvalue weighted by Gasteiger charge is 2.53. The summed E-state index contributed by atoms with van der Waals surface area (Å²) in [5, 5.41) is 2.86. The molecule has 0 unspecified atom stereocenters. The molecule has 0 aliphatic carbocycles. The quantitative estimate of drug-likeness (QED) is 0.265. The summed E-state index contributed by atoms with van der Waals surface area (Å²) < 4.78 is 28.8. The molecule has 0 bridgehead atoms. The van der Waals surface area contributed by atoms with Gasteiger partial charge in [0.25, 0.3) is 0 Å². The fraction of sp³-hybridized carbons (Fsp3) is 0.714. The topological polar surface area (TPSA) is 98.9 Å². The van der Waals surface area contributed by atoms with Crippen LogP contribution in [0, 0.1) is 0 Å². The minimum Gasteiger partial charge on any atom is -0.442 e. The van der Waals surface area contributed by atoms with E-state index in [1.807, 2.05) is 20.8 Å². The van der Waals surface area contributed by atoms with Gasteiger partial charge in [0.1, 0.15) is 6.10 Å². The molecule has 1 spiro atoms. The number of rotatable bonds is 10. The number of nitrogens with one attached hydrogen (secondary N) is 1. The lowest BCUT2D eigenvalue weighted by Gasteiger charge is -2.38. The van der Waals surface area contributed by atoms with E-state index in [1.165, 1.54) is 6.08 Å². The van der Waals surface area contributed by atoms with Crippen LogP contribution in [0.15, 0.2) is 36.0 Å². The molecule has 0 aromatic heterocycles. The van der Waals surface area contributed by atoms with Gasteiger partial charge in [-0.1, -0.05) is 23.8 Å². The SMILES string of the molecule is CCN(CC)C(=O)O[C@@H](C)/C=C\C(=O)NC1COC(C/C=C(C)/C=C/[C@@H]2C[C@]3(CO3)CC(C)(C)O2)OC1. The first-order valence-electron chi connectivity index (χ1n) is 13.4. The summed E-state index contributed by atoms with van der Waals surface area (Å²) in [5.41, 5.74) is 0.945. The molecular weight excluding hydrogens is 476 g/mol. The minimum atomic E-state index is -0.509. The molecule has 3 atom stereocenters. The van der Waals surface area contributed by atoms with Crippen molar-refractivity contribution >= 4 is 12.0 Å². The number of epoxide rings is 1. The zero-order chi connectivity index (χ0) is 27.1. The highest BCUT2D eigenvalue weighted by Crippen LogP contribution is 2.46. The third-order valence-corrected chi connectivity index (χ3v) is 6.69. The van der Waals surface area contributed by atoms with Crippen molar-refractivity contribution in [1.82, 2.24) is 10.2 Å². The van der Waals surface area contributed by atoms with Gasteiger partial charge in [0.15, 0.2) is 6.29 Å². The number of carbonyl (C=O) groups excluding carboxylic acids is 2. The Labute approximate surface area is 221 Å². The lowest BCUT2D eigenvalue weighted by atomic mass is 9.85. The Morgan fingerprint density at radius 3 is 2.46 bits per heavy atom. The summed E-state index contributed by atoms with van der Waals surface area (Å²) >= 11 is 0. The first kappa shape index (κ1) is 29.4. The smallest absolute Gasteiger partial charge is 0.410 e. The van der Waals surface area contributed by atoms with Crippen LogP contribution in [0.3, 0.4) is 0 Å². The van der Waals surface area contributed by atoms with Gasteiger partial charge in [-0.3, -0.25) is 4.79 Å². The highest BCUT2D eigenvalue weighted by molar-refractivity contribution is 5.87. The fourth-order valence-electron chi connectivity index (χ4n) is 4.74. The molecule has 0 aromatic carbocycles. The maximum Gasteiger partial charge on any atom is 0.410 e. The number of amides is 2. The summed E-state index contributed by atoms with van der Waals surface area (Å²) in [5.74, 6) is -0.284. The summed E-state index contributed by atoms with van der Waals surface area (Å²) in [6.07, 6.45) is 10.5. The number of ether oxygens (including phenoxy) is 5. The van der Waals surface area contributed by atoms with Crippen molar-refractivity contribution in [2.75, 3.05) is 32.9 Å². The van der Waals surface area contributed by atoms with Gasteiger partial charge in [-0.25, -0.2) is 4.79 Å². The Morgan fingerprint density at radius 1 is 1.16 bits per heavy atom. The number of nitrogens with zero attached hydrogens (tertiary/aromatic N) is 1. The standard InChI is InChI=1S/C28H44N2O7/c1-7-30(8-2)26(32)36-21(4)11-13-24(31)29-22-16-33-25(34-17-22)14-10-20(3)9-12-23-15-28(19-35-28)18-27(5,6)37-23/h9-13,21-23,25H,7-8,14-19H2,1-6H3,(H,29,31)/b12-9+,13-11-,20-10+/t21-,22?,23+,25?,28+/m0/s1. The molecule has 1 N–H and O–H groups in total. The number of carbonyl (C=O) groups is 2. The van der Waals surface area contributed by atoms with Crippen LogP contribution in [-0.2, 0) is 28.5 Å². The first-order valence-corrected chi connectivity index (χ1v) is 13.4. The highest BCUT2D eigenvalue weighted by atomic mass is 16.7. The van der Waals surface area contributed by atoms with E-state index >= 15 is 0 Å². The number of hydrogen-bond acceptors (Lipinski definition) is 7. The second-order valence-electron chi connectivity index (χ2n) is 10.7. The Morgan fingerprint density at radius 2 is 1.84 bits per heavy atom. The predicted molar refractivity (Wildman–Crippen MR) is 140 cm³/mol. The van der Waals surface area contributed by atoms with Crippen LogP contribution in [-0.4, -0.2) is 85.6 Å². The van der Waals surface area contributed by atoms with Gasteiger partial charge in [-0.05, 0) is 47.6 Å². The van der Waals surface area contributed by atoms with Gasteiger partial charge in [-0.15, -0.1) is 0 Å². The minimum absolute atomic E-state index is 0.0101. The molecule has 0 aromatic rings. The van der Waals surface area contributed by atoms with Crippen molar-refractivity contribution in [2.45, 2.75) is 96.5 Å². The molecule has 0 radical (unpaired) electrons. The average molecular weight is 521 g/mol. The van der Waals surface area contributed by atoms with E-state index in [4.69, 9.17) is 23.7 Å². The van der Waals surface area contributed by atoms with E-state index in [-0.39, 0.29) is 35.5 Å². The summed E-state index contributed by atoms with van der Waals surface area (Å²) in [6, 6.07) is -0.240. The van der Waals surface area contributed by atoms with E-state index in [2.05, 4.69) is 37.4 Å². The Kier molecular flexibility index (Phi) is 10.3. The number of allylic oxidation sites excluding steroid dienone is 2. The van der Waals surface area contributed by atoms with Crippen molar-refractivity contribution in [1.29, 1.82) is 0 Å². The van der Waals surface area contributed by atoms with Crippen LogP contribution in [0.1, 0.15) is 60.8 Å². The Balaban J connectivity index is 1.34. The zero-order valence-corrected chi connectivity index (χ0v) is 23.2. The molecule has 9 heteroatoms. The molecule has 3 fully saturated rings. The van der Waals surface area contributed by atoms with Gasteiger partial charge < -0.3 is 33.9 Å². The third-order valence-electron chi connectivity index (χ3n) is 6.69. The van der Waals surface area contributed by atoms with Crippen LogP contribution in [0.5, 0.6) is 0 Å². The van der Waals surface area contributed by atoms with Crippen molar-refractivity contribution in [3.63, 3.8) is 0 Å². The van der Waals surface area contributed by atoms with Crippen LogP contribution < -0.4 is 5.32 Å². The predicted octanol–water partition coefficient (Wildman–Crippen LogP) is 3.89. The molecule has 0 saturated carbocycles. The largest absolute Gasteiger partial charge is 0.442 e. The average Bonchev–Trinajstić information content (AvgIpc) is 3.58. The van der Waals surface area contributed by atoms with E-state index in [0.717, 1.165) is 25.0 Å². The molecule has 3 saturated heterocycles. The van der Waals surface area contributed by atoms with Crippen LogP contribution in [0.2, 0.25) is 0 Å². The zero-order valence-electron chi connectivity index (χ0n) is 23.2. The van der Waals surface area contributed by atoms with Crippen molar-refractivity contribution in [2.24, 2.45) is 0 Å². The summed E-state index contributed by atoms with van der Waals surface area (Å²) in [6.45, 7) is 14.5. The second-order valence-corrected chi connectivity index (χ2v) is 10.7. The van der Waals surface area contributed by atoms with Crippen molar-refractivity contribution in [3.8, 4) is 0 Å². The maximum atomic E-state index is 12.2. The Hall–Kier alpha value is -2.20. The summed E-state index contributed by atoms with van der Waals surface area (Å²) in [7, 11) is 0. The monoisotopic (exact) mass is 520 g/mol. The van der Waals surface area contributed by atoms with Gasteiger partial charge in [0.2, 0.25) is 5.91 Å². The first-order chi connectivity index (χ1) is 17.5. The molecular formula is C28H44N2O7. The second kappa shape index (κ2) is 13.0. The lowest BCUT2D eigenvalue weighted by molar-refractivity contribution is -0.187. The molecule has 37 heavy (non-hydrogen) atoms.